The molecule has 8 heteroatoms. The number of benzene rings is 2. The number of aromatic nitrogens is 2. The molecular weight excluding hydrogens is 411 g/mol. The van der Waals surface area contributed by atoms with Gasteiger partial charge >= 0.3 is 5.91 Å². The molecule has 0 saturated heterocycles. The number of anilines is 1. The van der Waals surface area contributed by atoms with Gasteiger partial charge < -0.3 is 9.64 Å². The van der Waals surface area contributed by atoms with Crippen LogP contribution in [0, 0.1) is 26.6 Å². The van der Waals surface area contributed by atoms with Crippen molar-refractivity contribution in [3.63, 3.8) is 0 Å². The van der Waals surface area contributed by atoms with E-state index in [2.05, 4.69) is 15.0 Å². The third-order valence-electron chi connectivity index (χ3n) is 5.17. The fourth-order valence-corrected chi connectivity index (χ4v) is 3.41. The zero-order valence-corrected chi connectivity index (χ0v) is 18.1. The molecule has 0 saturated carbocycles. The van der Waals surface area contributed by atoms with Gasteiger partial charge in [0, 0.05) is 18.8 Å². The summed E-state index contributed by atoms with van der Waals surface area (Å²) in [5.41, 5.74) is 3.43. The molecule has 1 aromatic heterocycles. The maximum absolute atomic E-state index is 14.5. The maximum atomic E-state index is 14.5. The van der Waals surface area contributed by atoms with Crippen molar-refractivity contribution in [1.82, 2.24) is 9.97 Å². The molecule has 0 bridgehead atoms. The van der Waals surface area contributed by atoms with Gasteiger partial charge in [-0.1, -0.05) is 12.1 Å². The van der Waals surface area contributed by atoms with Gasteiger partial charge in [0.05, 0.1) is 11.4 Å². The van der Waals surface area contributed by atoms with E-state index in [1.165, 1.54) is 17.2 Å². The van der Waals surface area contributed by atoms with Crippen LogP contribution in [0.1, 0.15) is 27.3 Å². The third-order valence-corrected chi connectivity index (χ3v) is 5.17. The van der Waals surface area contributed by atoms with E-state index in [1.54, 1.807) is 39.1 Å². The predicted octanol–water partition coefficient (Wildman–Crippen LogP) is 3.84. The summed E-state index contributed by atoms with van der Waals surface area (Å²) in [4.78, 5) is 39.3. The highest BCUT2D eigenvalue weighted by Gasteiger charge is 2.27. The number of nitrogens with zero attached hydrogens (tertiary/aromatic N) is 4. The van der Waals surface area contributed by atoms with Crippen LogP contribution in [0.2, 0.25) is 0 Å². The van der Waals surface area contributed by atoms with Crippen molar-refractivity contribution in [2.75, 3.05) is 18.6 Å². The van der Waals surface area contributed by atoms with E-state index in [0.717, 1.165) is 11.1 Å². The highest BCUT2D eigenvalue weighted by molar-refractivity contribution is 6.46. The third kappa shape index (κ3) is 3.99. The molecule has 2 heterocycles. The Bertz CT molecular complexity index is 1290. The van der Waals surface area contributed by atoms with Gasteiger partial charge in [-0.3, -0.25) is 9.59 Å². The fourth-order valence-electron chi connectivity index (χ4n) is 3.41. The van der Waals surface area contributed by atoms with Crippen molar-refractivity contribution in [2.45, 2.75) is 20.8 Å². The average molecular weight is 432 g/mol. The summed E-state index contributed by atoms with van der Waals surface area (Å²) >= 11 is 0. The van der Waals surface area contributed by atoms with Gasteiger partial charge in [0.1, 0.15) is 23.9 Å². The van der Waals surface area contributed by atoms with Crippen molar-refractivity contribution >= 4 is 23.2 Å². The summed E-state index contributed by atoms with van der Waals surface area (Å²) in [7, 11) is 1.59. The van der Waals surface area contributed by atoms with Crippen molar-refractivity contribution in [2.24, 2.45) is 4.99 Å². The zero-order chi connectivity index (χ0) is 23.0. The molecule has 0 radical (unpaired) electrons. The van der Waals surface area contributed by atoms with Crippen molar-refractivity contribution < 1.29 is 18.7 Å². The number of fused-ring (bicyclic) bond motifs is 1. The summed E-state index contributed by atoms with van der Waals surface area (Å²) in [5, 5.41) is 0. The topological polar surface area (TPSA) is 84.8 Å². The number of carbonyl (C=O) groups is 2. The molecule has 0 N–H and O–H groups in total. The molecule has 3 aromatic rings. The largest absolute Gasteiger partial charge is 0.485 e. The molecule has 2 aromatic carbocycles. The first-order valence-electron chi connectivity index (χ1n) is 9.98. The van der Waals surface area contributed by atoms with Crippen LogP contribution >= 0.6 is 0 Å². The maximum Gasteiger partial charge on any atom is 0.315 e. The van der Waals surface area contributed by atoms with E-state index in [0.29, 0.717) is 22.7 Å². The van der Waals surface area contributed by atoms with Crippen LogP contribution in [-0.2, 0) is 4.79 Å². The van der Waals surface area contributed by atoms with Gasteiger partial charge in [-0.05, 0) is 61.7 Å². The number of aliphatic imine (C=N–C) groups is 1. The Morgan fingerprint density at radius 1 is 1.12 bits per heavy atom. The normalized spacial score (nSPS) is 14.7. The second-order valence-electron chi connectivity index (χ2n) is 7.70. The summed E-state index contributed by atoms with van der Waals surface area (Å²) in [6.45, 7) is 5.26. The van der Waals surface area contributed by atoms with E-state index < -0.39 is 17.6 Å². The van der Waals surface area contributed by atoms with Gasteiger partial charge in [-0.2, -0.15) is 0 Å². The second kappa shape index (κ2) is 8.30. The van der Waals surface area contributed by atoms with Gasteiger partial charge in [0.15, 0.2) is 0 Å². The van der Waals surface area contributed by atoms with Gasteiger partial charge in [0.2, 0.25) is 5.82 Å². The fraction of sp³-hybridized carbons (Fsp3) is 0.208. The van der Waals surface area contributed by atoms with Crippen LogP contribution in [0.5, 0.6) is 5.75 Å². The number of ether oxygens (including phenoxy) is 1. The van der Waals surface area contributed by atoms with Gasteiger partial charge in [-0.25, -0.2) is 19.4 Å². The predicted molar refractivity (Wildman–Crippen MR) is 119 cm³/mol. The van der Waals surface area contributed by atoms with Crippen LogP contribution in [-0.4, -0.2) is 41.1 Å². The lowest BCUT2D eigenvalue weighted by atomic mass is 10.1. The lowest BCUT2D eigenvalue weighted by Crippen LogP contribution is -2.34. The Morgan fingerprint density at radius 2 is 1.84 bits per heavy atom. The molecule has 0 fully saturated rings. The Hall–Kier alpha value is -3.94. The first kappa shape index (κ1) is 21.3. The summed E-state index contributed by atoms with van der Waals surface area (Å²) in [6, 6.07) is 10.2. The van der Waals surface area contributed by atoms with Crippen molar-refractivity contribution in [1.29, 1.82) is 0 Å². The molecule has 1 aliphatic heterocycles. The number of hydrogen-bond donors (Lipinski definition) is 0. The molecule has 0 unspecified atom stereocenters. The molecule has 0 spiro atoms. The Kier molecular flexibility index (Phi) is 5.52. The average Bonchev–Trinajstić information content (AvgIpc) is 2.86. The van der Waals surface area contributed by atoms with E-state index >= 15 is 0 Å². The van der Waals surface area contributed by atoms with E-state index in [1.807, 2.05) is 19.1 Å². The van der Waals surface area contributed by atoms with Gasteiger partial charge in [0.25, 0.3) is 5.91 Å². The molecule has 1 aliphatic rings. The molecule has 0 aliphatic carbocycles. The minimum absolute atomic E-state index is 0.0707. The number of aryl methyl sites for hydroxylation is 3. The van der Waals surface area contributed by atoms with E-state index in [-0.39, 0.29) is 23.7 Å². The van der Waals surface area contributed by atoms with E-state index in [4.69, 9.17) is 4.74 Å². The van der Waals surface area contributed by atoms with Crippen LogP contribution in [0.4, 0.5) is 10.1 Å². The number of halogens is 1. The van der Waals surface area contributed by atoms with Crippen LogP contribution < -0.4 is 9.64 Å². The van der Waals surface area contributed by atoms with Crippen LogP contribution in [0.15, 0.2) is 47.6 Å². The lowest BCUT2D eigenvalue weighted by molar-refractivity contribution is -0.112. The van der Waals surface area contributed by atoms with Crippen LogP contribution in [0.25, 0.3) is 11.3 Å². The molecule has 0 atom stereocenters. The molecule has 32 heavy (non-hydrogen) atoms. The Morgan fingerprint density at radius 3 is 2.59 bits per heavy atom. The number of carbonyl (C=O) groups excluding carboxylic acids is 2. The van der Waals surface area contributed by atoms with Crippen molar-refractivity contribution in [3.05, 3.63) is 70.9 Å². The summed E-state index contributed by atoms with van der Waals surface area (Å²) in [5.74, 6) is -1.41. The number of amides is 2. The number of rotatable bonds is 2. The molecule has 2 amide bonds. The first-order valence-corrected chi connectivity index (χ1v) is 9.98. The lowest BCUT2D eigenvalue weighted by Gasteiger charge is -2.16. The minimum atomic E-state index is -0.804. The molecule has 162 valence electrons. The highest BCUT2D eigenvalue weighted by atomic mass is 19.1. The van der Waals surface area contributed by atoms with E-state index in [9.17, 15) is 14.0 Å². The molecule has 4 rings (SSSR count). The molecular formula is C24H21FN4O3. The summed E-state index contributed by atoms with van der Waals surface area (Å²) < 4.78 is 20.2. The highest BCUT2D eigenvalue weighted by Crippen LogP contribution is 2.31. The molecule has 7 nitrogen and oxygen atoms in total. The van der Waals surface area contributed by atoms with Crippen LogP contribution in [0.3, 0.4) is 0 Å². The first-order chi connectivity index (χ1) is 15.2. The smallest absolute Gasteiger partial charge is 0.315 e. The number of hydrogen-bond acceptors (Lipinski definition) is 5. The van der Waals surface area contributed by atoms with Gasteiger partial charge in [-0.15, -0.1) is 0 Å². The minimum Gasteiger partial charge on any atom is -0.485 e. The summed E-state index contributed by atoms with van der Waals surface area (Å²) in [6.07, 6.45) is 1.44. The Balaban J connectivity index is 1.67. The quantitative estimate of drug-likeness (QED) is 0.614. The second-order valence-corrected chi connectivity index (χ2v) is 7.70. The monoisotopic (exact) mass is 432 g/mol. The SMILES string of the molecule is Cc1ccc(-c2nc(C(=O)N=C3COc4cc(C)ccc4N(C)C3=O)ncc2C)c(F)c1. The zero-order valence-electron chi connectivity index (χ0n) is 18.1. The standard InChI is InChI=1S/C24H21FN4O3/c1-13-5-7-16(17(25)9-13)21-15(3)11-26-22(28-21)23(30)27-18-12-32-20-10-14(2)6-8-19(20)29(4)24(18)31/h5-11H,12H2,1-4H3. The van der Waals surface area contributed by atoms with Crippen molar-refractivity contribution in [3.8, 4) is 17.0 Å². The Labute approximate surface area is 184 Å².